The molecule has 1 aromatic heterocycles. The third-order valence-corrected chi connectivity index (χ3v) is 6.92. The van der Waals surface area contributed by atoms with E-state index in [1.807, 2.05) is 72.9 Å². The molecule has 5 aromatic rings. The molecule has 0 aliphatic heterocycles. The average Bonchev–Trinajstić information content (AvgIpc) is 2.97. The van der Waals surface area contributed by atoms with E-state index in [1.54, 1.807) is 0 Å². The Kier molecular flexibility index (Phi) is 8.83. The Hall–Kier alpha value is -3.80. The summed E-state index contributed by atoms with van der Waals surface area (Å²) in [5.74, 6) is -0.299. The average molecular weight is 554 g/mol. The number of aryl methyl sites for hydroxylation is 1. The fourth-order valence-corrected chi connectivity index (χ4v) is 4.88. The second-order valence-electron chi connectivity index (χ2n) is 8.54. The van der Waals surface area contributed by atoms with E-state index >= 15 is 0 Å². The van der Waals surface area contributed by atoms with Gasteiger partial charge in [-0.2, -0.15) is 0 Å². The van der Waals surface area contributed by atoms with Crippen LogP contribution in [0, 0.1) is 6.92 Å². The van der Waals surface area contributed by atoms with Crippen LogP contribution in [0.15, 0.2) is 126 Å². The number of carbonyl (C=O) groups is 1. The molecule has 186 valence electrons. The van der Waals surface area contributed by atoms with Crippen LogP contribution in [-0.4, -0.2) is 24.6 Å². The highest BCUT2D eigenvalue weighted by Crippen LogP contribution is 2.36. The van der Waals surface area contributed by atoms with Crippen LogP contribution in [0.5, 0.6) is 0 Å². The number of methoxy groups -OCH3 is 1. The van der Waals surface area contributed by atoms with E-state index in [0.29, 0.717) is 0 Å². The summed E-state index contributed by atoms with van der Waals surface area (Å²) < 4.78 is 5.91. The maximum atomic E-state index is 11.9. The van der Waals surface area contributed by atoms with Gasteiger partial charge in [0, 0.05) is 16.1 Å². The van der Waals surface area contributed by atoms with Crippen molar-refractivity contribution >= 4 is 32.8 Å². The van der Waals surface area contributed by atoms with E-state index in [2.05, 4.69) is 81.7 Å². The molecule has 0 aliphatic carbocycles. The van der Waals surface area contributed by atoms with Crippen LogP contribution in [0.1, 0.15) is 22.3 Å². The van der Waals surface area contributed by atoms with Crippen molar-refractivity contribution in [2.45, 2.75) is 12.5 Å². The summed E-state index contributed by atoms with van der Waals surface area (Å²) in [5, 5.41) is 4.67. The molecule has 0 saturated heterocycles. The third-order valence-electron chi connectivity index (χ3n) is 6.28. The van der Waals surface area contributed by atoms with Crippen LogP contribution in [-0.2, 0) is 15.1 Å². The minimum Gasteiger partial charge on any atom is -0.468 e. The van der Waals surface area contributed by atoms with Crippen LogP contribution >= 0.6 is 15.9 Å². The molecular weight excluding hydrogens is 524 g/mol. The second kappa shape index (κ2) is 12.4. The Balaban J connectivity index is 0.000000222. The lowest BCUT2D eigenvalue weighted by Gasteiger charge is -2.36. The van der Waals surface area contributed by atoms with Crippen LogP contribution in [0.2, 0.25) is 0 Å². The van der Waals surface area contributed by atoms with E-state index in [-0.39, 0.29) is 12.5 Å². The van der Waals surface area contributed by atoms with Gasteiger partial charge in [0.05, 0.1) is 24.7 Å². The van der Waals surface area contributed by atoms with Crippen molar-refractivity contribution < 1.29 is 9.53 Å². The molecule has 5 heteroatoms. The van der Waals surface area contributed by atoms with Gasteiger partial charge in [0.2, 0.25) is 0 Å². The maximum absolute atomic E-state index is 11.9. The van der Waals surface area contributed by atoms with Crippen molar-refractivity contribution in [2.75, 3.05) is 13.7 Å². The molecule has 5 rings (SSSR count). The Morgan fingerprint density at radius 3 is 1.76 bits per heavy atom. The molecule has 37 heavy (non-hydrogen) atoms. The van der Waals surface area contributed by atoms with Crippen molar-refractivity contribution in [3.63, 3.8) is 0 Å². The van der Waals surface area contributed by atoms with Gasteiger partial charge in [-0.1, -0.05) is 103 Å². The molecular formula is C32H29BrN2O2. The molecule has 0 amide bonds. The predicted molar refractivity (Wildman–Crippen MR) is 153 cm³/mol. The predicted octanol–water partition coefficient (Wildman–Crippen LogP) is 7.05. The van der Waals surface area contributed by atoms with E-state index in [4.69, 9.17) is 4.74 Å². The lowest BCUT2D eigenvalue weighted by molar-refractivity contribution is -0.139. The summed E-state index contributed by atoms with van der Waals surface area (Å²) in [6.45, 7) is 2.20. The van der Waals surface area contributed by atoms with E-state index < -0.39 is 5.54 Å². The Bertz CT molecular complexity index is 1300. The standard InChI is InChI=1S/C22H21NO2.C10H8BrN/c1-25-21(24)17-23-22(18-11-5-2-6-12-18,19-13-7-3-8-14-19)20-15-9-4-10-16-20;1-7-4-5-9(11)10-8(7)3-2-6-12-10/h2-16,23H,17H2,1H3;2-6H,1H3. The number of ether oxygens (including phenoxy) is 1. The number of fused-ring (bicyclic) bond motifs is 1. The van der Waals surface area contributed by atoms with Gasteiger partial charge >= 0.3 is 5.97 Å². The van der Waals surface area contributed by atoms with Crippen molar-refractivity contribution in [3.8, 4) is 0 Å². The van der Waals surface area contributed by atoms with E-state index in [9.17, 15) is 4.79 Å². The Labute approximate surface area is 226 Å². The SMILES string of the molecule is COC(=O)CNC(c1ccccc1)(c1ccccc1)c1ccccc1.Cc1ccc(Br)c2ncccc12. The van der Waals surface area contributed by atoms with E-state index in [1.165, 1.54) is 18.1 Å². The van der Waals surface area contributed by atoms with Gasteiger partial charge in [0.1, 0.15) is 0 Å². The maximum Gasteiger partial charge on any atom is 0.319 e. The van der Waals surface area contributed by atoms with Gasteiger partial charge in [-0.3, -0.25) is 15.1 Å². The summed E-state index contributed by atoms with van der Waals surface area (Å²) in [6.07, 6.45) is 1.81. The summed E-state index contributed by atoms with van der Waals surface area (Å²) in [4.78, 5) is 16.2. The number of hydrogen-bond donors (Lipinski definition) is 1. The van der Waals surface area contributed by atoms with Gasteiger partial charge in [-0.25, -0.2) is 0 Å². The van der Waals surface area contributed by atoms with Crippen molar-refractivity contribution in [1.29, 1.82) is 0 Å². The quantitative estimate of drug-likeness (QED) is 0.181. The number of pyridine rings is 1. The van der Waals surface area contributed by atoms with Crippen molar-refractivity contribution in [2.24, 2.45) is 0 Å². The summed E-state index contributed by atoms with van der Waals surface area (Å²) in [6, 6.07) is 38.6. The number of halogens is 1. The largest absolute Gasteiger partial charge is 0.468 e. The fraction of sp³-hybridized carbons (Fsp3) is 0.125. The molecule has 4 aromatic carbocycles. The molecule has 0 saturated carbocycles. The molecule has 1 heterocycles. The molecule has 0 fully saturated rings. The first-order chi connectivity index (χ1) is 18.1. The molecule has 0 bridgehead atoms. The van der Waals surface area contributed by atoms with E-state index in [0.717, 1.165) is 26.7 Å². The van der Waals surface area contributed by atoms with Crippen LogP contribution in [0.25, 0.3) is 10.9 Å². The fourth-order valence-electron chi connectivity index (χ4n) is 4.43. The van der Waals surface area contributed by atoms with Gasteiger partial charge in [-0.05, 0) is 57.2 Å². The number of nitrogens with one attached hydrogen (secondary N) is 1. The monoisotopic (exact) mass is 552 g/mol. The second-order valence-corrected chi connectivity index (χ2v) is 9.40. The molecule has 1 N–H and O–H groups in total. The zero-order valence-electron chi connectivity index (χ0n) is 20.9. The number of aromatic nitrogens is 1. The Morgan fingerprint density at radius 2 is 1.30 bits per heavy atom. The van der Waals surface area contributed by atoms with Crippen LogP contribution < -0.4 is 5.32 Å². The number of benzene rings is 4. The van der Waals surface area contributed by atoms with Gasteiger partial charge in [0.25, 0.3) is 0 Å². The van der Waals surface area contributed by atoms with Crippen LogP contribution in [0.3, 0.4) is 0 Å². The number of hydrogen-bond acceptors (Lipinski definition) is 4. The summed E-state index contributed by atoms with van der Waals surface area (Å²) in [7, 11) is 1.40. The van der Waals surface area contributed by atoms with Gasteiger partial charge in [0.15, 0.2) is 0 Å². The normalized spacial score (nSPS) is 10.9. The zero-order valence-corrected chi connectivity index (χ0v) is 22.5. The molecule has 0 unspecified atom stereocenters. The molecule has 4 nitrogen and oxygen atoms in total. The first-order valence-electron chi connectivity index (χ1n) is 12.0. The minimum absolute atomic E-state index is 0.106. The summed E-state index contributed by atoms with van der Waals surface area (Å²) >= 11 is 3.47. The number of rotatable bonds is 6. The number of esters is 1. The molecule has 0 aliphatic rings. The number of nitrogens with zero attached hydrogens (tertiary/aromatic N) is 1. The minimum atomic E-state index is -0.641. The van der Waals surface area contributed by atoms with Crippen LogP contribution in [0.4, 0.5) is 0 Å². The highest BCUT2D eigenvalue weighted by molar-refractivity contribution is 9.10. The molecule has 0 radical (unpaired) electrons. The molecule has 0 spiro atoms. The topological polar surface area (TPSA) is 51.2 Å². The zero-order chi connectivity index (χ0) is 26.1. The van der Waals surface area contributed by atoms with Gasteiger partial charge in [-0.15, -0.1) is 0 Å². The highest BCUT2D eigenvalue weighted by atomic mass is 79.9. The lowest BCUT2D eigenvalue weighted by Crippen LogP contribution is -2.47. The van der Waals surface area contributed by atoms with Crippen molar-refractivity contribution in [1.82, 2.24) is 10.3 Å². The Morgan fingerprint density at radius 1 is 0.784 bits per heavy atom. The lowest BCUT2D eigenvalue weighted by atomic mass is 9.77. The first-order valence-corrected chi connectivity index (χ1v) is 12.8. The highest BCUT2D eigenvalue weighted by Gasteiger charge is 2.36. The summed E-state index contributed by atoms with van der Waals surface area (Å²) in [5.41, 5.74) is 4.86. The smallest absolute Gasteiger partial charge is 0.319 e. The van der Waals surface area contributed by atoms with Crippen molar-refractivity contribution in [3.05, 3.63) is 148 Å². The number of carbonyl (C=O) groups excluding carboxylic acids is 1. The first kappa shape index (κ1) is 26.3. The third kappa shape index (κ3) is 5.96. The van der Waals surface area contributed by atoms with Gasteiger partial charge < -0.3 is 4.74 Å². The molecule has 0 atom stereocenters.